The number of aromatic nitrogens is 2. The number of nitrogens with zero attached hydrogens (tertiary/aromatic N) is 3. The Kier molecular flexibility index (Phi) is 7.47. The summed E-state index contributed by atoms with van der Waals surface area (Å²) in [4.78, 5) is 11.9. The van der Waals surface area contributed by atoms with Gasteiger partial charge in [-0.15, -0.1) is 0 Å². The van der Waals surface area contributed by atoms with Gasteiger partial charge in [-0.1, -0.05) is 31.0 Å². The van der Waals surface area contributed by atoms with Crippen molar-refractivity contribution in [3.05, 3.63) is 40.7 Å². The Morgan fingerprint density at radius 1 is 1.46 bits per heavy atom. The molecule has 1 aromatic heterocycles. The van der Waals surface area contributed by atoms with Gasteiger partial charge >= 0.3 is 0 Å². The predicted molar refractivity (Wildman–Crippen MR) is 104 cm³/mol. The van der Waals surface area contributed by atoms with Crippen molar-refractivity contribution in [3.8, 4) is 5.75 Å². The molecular formula is C18H24ClN5O2. The molecule has 0 aliphatic carbocycles. The lowest BCUT2D eigenvalue weighted by molar-refractivity contribution is -0.119. The van der Waals surface area contributed by atoms with Crippen LogP contribution in [0, 0.1) is 6.92 Å². The number of ether oxygens (including phenoxy) is 1. The number of hydrazone groups is 1. The average Bonchev–Trinajstić information content (AvgIpc) is 2.92. The first-order chi connectivity index (χ1) is 12.5. The number of nitrogens with one attached hydrogen (secondary N) is 2. The highest BCUT2D eigenvalue weighted by atomic mass is 35.5. The van der Waals surface area contributed by atoms with Gasteiger partial charge in [0.15, 0.2) is 0 Å². The number of halogens is 1. The van der Waals surface area contributed by atoms with Gasteiger partial charge in [-0.25, -0.2) is 5.43 Å². The molecule has 2 N–H and O–H groups in total. The Morgan fingerprint density at radius 3 is 3.00 bits per heavy atom. The van der Waals surface area contributed by atoms with E-state index in [4.69, 9.17) is 16.3 Å². The van der Waals surface area contributed by atoms with Crippen molar-refractivity contribution in [3.63, 3.8) is 0 Å². The lowest BCUT2D eigenvalue weighted by Gasteiger charge is -2.06. The van der Waals surface area contributed by atoms with Crippen molar-refractivity contribution in [2.24, 2.45) is 5.10 Å². The summed E-state index contributed by atoms with van der Waals surface area (Å²) >= 11 is 6.32. The van der Waals surface area contributed by atoms with Gasteiger partial charge in [0.1, 0.15) is 10.9 Å². The number of amides is 1. The molecule has 0 radical (unpaired) electrons. The minimum atomic E-state index is -0.267. The molecule has 1 amide bonds. The first-order valence-electron chi connectivity index (χ1n) is 8.47. The van der Waals surface area contributed by atoms with E-state index in [9.17, 15) is 4.79 Å². The summed E-state index contributed by atoms with van der Waals surface area (Å²) in [6.07, 6.45) is 3.59. The average molecular weight is 378 g/mol. The molecule has 140 valence electrons. The second kappa shape index (κ2) is 9.82. The highest BCUT2D eigenvalue weighted by molar-refractivity contribution is 6.32. The number of unbranched alkanes of at least 4 members (excludes halogenated alkanes) is 1. The molecule has 2 aromatic rings. The second-order valence-electron chi connectivity index (χ2n) is 5.75. The molecule has 0 bridgehead atoms. The van der Waals surface area contributed by atoms with Crippen molar-refractivity contribution in [1.29, 1.82) is 0 Å². The molecule has 0 saturated carbocycles. The molecule has 0 unspecified atom stereocenters. The summed E-state index contributed by atoms with van der Waals surface area (Å²) in [7, 11) is 1.60. The topological polar surface area (TPSA) is 80.5 Å². The summed E-state index contributed by atoms with van der Waals surface area (Å²) in [6, 6.07) is 7.34. The van der Waals surface area contributed by atoms with E-state index in [2.05, 4.69) is 27.9 Å². The van der Waals surface area contributed by atoms with Gasteiger partial charge in [-0.05, 0) is 25.5 Å². The maximum absolute atomic E-state index is 11.9. The van der Waals surface area contributed by atoms with E-state index in [0.29, 0.717) is 10.7 Å². The van der Waals surface area contributed by atoms with Crippen molar-refractivity contribution < 1.29 is 9.53 Å². The predicted octanol–water partition coefficient (Wildman–Crippen LogP) is 3.22. The third-order valence-corrected chi connectivity index (χ3v) is 4.14. The lowest BCUT2D eigenvalue weighted by Crippen LogP contribution is -2.25. The summed E-state index contributed by atoms with van der Waals surface area (Å²) in [5, 5.41) is 11.9. The van der Waals surface area contributed by atoms with Crippen LogP contribution in [0.3, 0.4) is 0 Å². The smallest absolute Gasteiger partial charge is 0.259 e. The molecule has 0 fully saturated rings. The Balaban J connectivity index is 1.87. The third kappa shape index (κ3) is 5.49. The van der Waals surface area contributed by atoms with Gasteiger partial charge in [0, 0.05) is 18.3 Å². The van der Waals surface area contributed by atoms with Crippen LogP contribution in [0.2, 0.25) is 5.15 Å². The zero-order valence-electron chi connectivity index (χ0n) is 15.3. The van der Waals surface area contributed by atoms with Crippen LogP contribution >= 0.6 is 11.6 Å². The molecule has 0 aliphatic heterocycles. The first kappa shape index (κ1) is 19.8. The molecule has 0 atom stereocenters. The standard InChI is InChI=1S/C18H24ClN5O2/c1-4-5-9-24-18(19)16(13(2)23-24)11-21-22-17(25)12-20-14-7-6-8-15(10-14)26-3/h6-8,10-11,20H,4-5,9,12H2,1-3H3,(H,22,25)/b21-11-. The maximum Gasteiger partial charge on any atom is 0.259 e. The van der Waals surface area contributed by atoms with E-state index >= 15 is 0 Å². The van der Waals surface area contributed by atoms with E-state index in [-0.39, 0.29) is 12.5 Å². The lowest BCUT2D eigenvalue weighted by atomic mass is 10.3. The van der Waals surface area contributed by atoms with Crippen LogP contribution in [0.4, 0.5) is 5.69 Å². The number of carbonyl (C=O) groups excluding carboxylic acids is 1. The van der Waals surface area contributed by atoms with E-state index in [1.807, 2.05) is 31.2 Å². The first-order valence-corrected chi connectivity index (χ1v) is 8.85. The van der Waals surface area contributed by atoms with Crippen LogP contribution in [0.5, 0.6) is 5.75 Å². The number of hydrogen-bond acceptors (Lipinski definition) is 5. The second-order valence-corrected chi connectivity index (χ2v) is 6.10. The van der Waals surface area contributed by atoms with Gasteiger partial charge in [0.2, 0.25) is 0 Å². The van der Waals surface area contributed by atoms with Crippen molar-refractivity contribution in [2.75, 3.05) is 19.0 Å². The molecule has 0 saturated heterocycles. The highest BCUT2D eigenvalue weighted by Crippen LogP contribution is 2.18. The number of anilines is 1. The number of methoxy groups -OCH3 is 1. The number of aryl methyl sites for hydroxylation is 2. The van der Waals surface area contributed by atoms with Crippen molar-refractivity contribution in [1.82, 2.24) is 15.2 Å². The van der Waals surface area contributed by atoms with E-state index in [0.717, 1.165) is 36.5 Å². The number of carbonyl (C=O) groups is 1. The molecule has 1 aromatic carbocycles. The summed E-state index contributed by atoms with van der Waals surface area (Å²) < 4.78 is 6.90. The molecule has 0 spiro atoms. The Bertz CT molecular complexity index is 773. The minimum Gasteiger partial charge on any atom is -0.497 e. The van der Waals surface area contributed by atoms with Crippen LogP contribution in [0.1, 0.15) is 31.0 Å². The monoisotopic (exact) mass is 377 g/mol. The highest BCUT2D eigenvalue weighted by Gasteiger charge is 2.11. The van der Waals surface area contributed by atoms with Crippen LogP contribution in [-0.2, 0) is 11.3 Å². The van der Waals surface area contributed by atoms with Crippen LogP contribution in [0.15, 0.2) is 29.4 Å². The molecular weight excluding hydrogens is 354 g/mol. The summed E-state index contributed by atoms with van der Waals surface area (Å²) in [5.74, 6) is 0.454. The Hall–Kier alpha value is -2.54. The van der Waals surface area contributed by atoms with Gasteiger partial charge in [0.25, 0.3) is 5.91 Å². The molecule has 0 aliphatic rings. The molecule has 8 heteroatoms. The summed E-state index contributed by atoms with van der Waals surface area (Å²) in [6.45, 7) is 4.83. The molecule has 2 rings (SSSR count). The summed E-state index contributed by atoms with van der Waals surface area (Å²) in [5.41, 5.74) is 4.76. The fraction of sp³-hybridized carbons (Fsp3) is 0.389. The Morgan fingerprint density at radius 2 is 2.27 bits per heavy atom. The van der Waals surface area contributed by atoms with Crippen LogP contribution in [0.25, 0.3) is 0 Å². The SMILES string of the molecule is CCCCn1nc(C)c(/C=N\NC(=O)CNc2cccc(OC)c2)c1Cl. The fourth-order valence-corrected chi connectivity index (χ4v) is 2.60. The van der Waals surface area contributed by atoms with E-state index < -0.39 is 0 Å². The van der Waals surface area contributed by atoms with Gasteiger partial charge in [-0.2, -0.15) is 10.2 Å². The zero-order valence-corrected chi connectivity index (χ0v) is 16.0. The molecule has 26 heavy (non-hydrogen) atoms. The van der Waals surface area contributed by atoms with E-state index in [1.54, 1.807) is 11.8 Å². The van der Waals surface area contributed by atoms with Crippen molar-refractivity contribution >= 4 is 29.4 Å². The molecule has 1 heterocycles. The number of hydrogen-bond donors (Lipinski definition) is 2. The third-order valence-electron chi connectivity index (χ3n) is 3.74. The number of rotatable bonds is 9. The van der Waals surface area contributed by atoms with Gasteiger partial charge in [-0.3, -0.25) is 9.48 Å². The molecule has 7 nitrogen and oxygen atoms in total. The van der Waals surface area contributed by atoms with E-state index in [1.165, 1.54) is 6.21 Å². The largest absolute Gasteiger partial charge is 0.497 e. The van der Waals surface area contributed by atoms with Gasteiger partial charge in [0.05, 0.1) is 31.1 Å². The van der Waals surface area contributed by atoms with Crippen LogP contribution < -0.4 is 15.5 Å². The quantitative estimate of drug-likeness (QED) is 0.519. The maximum atomic E-state index is 11.9. The number of benzene rings is 1. The minimum absolute atomic E-state index is 0.0903. The van der Waals surface area contributed by atoms with Crippen LogP contribution in [-0.4, -0.2) is 35.6 Å². The van der Waals surface area contributed by atoms with Gasteiger partial charge < -0.3 is 10.1 Å². The fourth-order valence-electron chi connectivity index (χ4n) is 2.29. The zero-order chi connectivity index (χ0) is 18.9. The van der Waals surface area contributed by atoms with Crippen molar-refractivity contribution in [2.45, 2.75) is 33.2 Å². The normalized spacial score (nSPS) is 10.9. The Labute approximate surface area is 158 Å².